The zero-order valence-corrected chi connectivity index (χ0v) is 13.7. The van der Waals surface area contributed by atoms with E-state index in [-0.39, 0.29) is 18.7 Å². The van der Waals surface area contributed by atoms with Crippen LogP contribution < -0.4 is 0 Å². The Hall–Kier alpha value is -2.33. The largest absolute Gasteiger partial charge is 0.445 e. The lowest BCUT2D eigenvalue weighted by Gasteiger charge is -2.30. The van der Waals surface area contributed by atoms with Crippen LogP contribution in [0, 0.1) is 0 Å². The van der Waals surface area contributed by atoms with Crippen LogP contribution in [0.4, 0.5) is 4.79 Å². The maximum Gasteiger partial charge on any atom is 0.410 e. The number of nitrogens with zero attached hydrogens (tertiary/aromatic N) is 1. The Balaban J connectivity index is 1.69. The number of carbonyl (C=O) groups excluding carboxylic acids is 1. The van der Waals surface area contributed by atoms with Crippen LogP contribution in [0.3, 0.4) is 0 Å². The van der Waals surface area contributed by atoms with Crippen molar-refractivity contribution in [2.45, 2.75) is 44.6 Å². The number of ether oxygens (including phenoxy) is 1. The first-order valence-electron chi connectivity index (χ1n) is 8.43. The van der Waals surface area contributed by atoms with Crippen molar-refractivity contribution in [3.63, 3.8) is 0 Å². The van der Waals surface area contributed by atoms with Gasteiger partial charge in [-0.25, -0.2) is 4.79 Å². The lowest BCUT2D eigenvalue weighted by Crippen LogP contribution is -2.44. The Labute approximate surface area is 142 Å². The monoisotopic (exact) mass is 325 g/mol. The minimum Gasteiger partial charge on any atom is -0.445 e. The highest BCUT2D eigenvalue weighted by atomic mass is 16.6. The number of benzene rings is 2. The number of hydrogen-bond acceptors (Lipinski definition) is 3. The van der Waals surface area contributed by atoms with Gasteiger partial charge >= 0.3 is 6.09 Å². The van der Waals surface area contributed by atoms with Gasteiger partial charge < -0.3 is 9.84 Å². The van der Waals surface area contributed by atoms with E-state index in [1.165, 1.54) is 0 Å². The van der Waals surface area contributed by atoms with Crippen molar-refractivity contribution in [2.75, 3.05) is 0 Å². The fraction of sp³-hybridized carbons (Fsp3) is 0.350. The van der Waals surface area contributed by atoms with Crippen molar-refractivity contribution in [3.8, 4) is 0 Å². The normalized spacial score (nSPS) is 19.9. The highest BCUT2D eigenvalue weighted by molar-refractivity contribution is 5.68. The van der Waals surface area contributed by atoms with Crippen molar-refractivity contribution in [1.29, 1.82) is 0 Å². The lowest BCUT2D eigenvalue weighted by molar-refractivity contribution is 0.0401. The maximum absolute atomic E-state index is 12.6. The Morgan fingerprint density at radius 3 is 2.21 bits per heavy atom. The zero-order valence-electron chi connectivity index (χ0n) is 13.7. The molecule has 4 nitrogen and oxygen atoms in total. The first-order chi connectivity index (χ1) is 11.7. The molecule has 0 aromatic heterocycles. The lowest BCUT2D eigenvalue weighted by atomic mass is 10.1. The average molecular weight is 325 g/mol. The third-order valence-corrected chi connectivity index (χ3v) is 4.48. The molecule has 24 heavy (non-hydrogen) atoms. The molecular weight excluding hydrogens is 302 g/mol. The Bertz CT molecular complexity index is 644. The summed E-state index contributed by atoms with van der Waals surface area (Å²) < 4.78 is 5.50. The summed E-state index contributed by atoms with van der Waals surface area (Å²) in [7, 11) is 0. The van der Waals surface area contributed by atoms with Gasteiger partial charge in [-0.05, 0) is 30.4 Å². The van der Waals surface area contributed by atoms with Crippen LogP contribution in [-0.2, 0) is 17.9 Å². The fourth-order valence-corrected chi connectivity index (χ4v) is 3.18. The van der Waals surface area contributed by atoms with E-state index in [0.717, 1.165) is 30.4 Å². The summed E-state index contributed by atoms with van der Waals surface area (Å²) in [6.07, 6.45) is 1.64. The van der Waals surface area contributed by atoms with E-state index in [1.54, 1.807) is 4.90 Å². The van der Waals surface area contributed by atoms with Gasteiger partial charge in [0, 0.05) is 6.54 Å². The average Bonchev–Trinajstić information content (AvgIpc) is 3.05. The summed E-state index contributed by atoms with van der Waals surface area (Å²) >= 11 is 0. The van der Waals surface area contributed by atoms with Crippen molar-refractivity contribution in [3.05, 3.63) is 71.8 Å². The third kappa shape index (κ3) is 4.15. The number of aliphatic hydroxyl groups is 1. The van der Waals surface area contributed by atoms with Crippen LogP contribution in [-0.4, -0.2) is 28.2 Å². The number of hydrogen-bond donors (Lipinski definition) is 1. The topological polar surface area (TPSA) is 49.8 Å². The van der Waals surface area contributed by atoms with E-state index in [1.807, 2.05) is 60.7 Å². The standard InChI is InChI=1S/C20H23NO3/c22-19-13-7-12-18(19)21(14-16-8-3-1-4-9-16)20(23)24-15-17-10-5-2-6-11-17/h1-6,8-11,18-19,22H,7,12-15H2. The van der Waals surface area contributed by atoms with Crippen molar-refractivity contribution in [2.24, 2.45) is 0 Å². The highest BCUT2D eigenvalue weighted by Crippen LogP contribution is 2.26. The van der Waals surface area contributed by atoms with Crippen LogP contribution in [0.5, 0.6) is 0 Å². The van der Waals surface area contributed by atoms with Gasteiger partial charge in [-0.2, -0.15) is 0 Å². The summed E-state index contributed by atoms with van der Waals surface area (Å²) in [5.41, 5.74) is 1.99. The van der Waals surface area contributed by atoms with E-state index in [0.29, 0.717) is 6.54 Å². The number of aliphatic hydroxyl groups excluding tert-OH is 1. The predicted molar refractivity (Wildman–Crippen MR) is 92.3 cm³/mol. The van der Waals surface area contributed by atoms with Crippen molar-refractivity contribution >= 4 is 6.09 Å². The molecule has 1 N–H and O–H groups in total. The molecule has 0 aliphatic heterocycles. The van der Waals surface area contributed by atoms with Gasteiger partial charge in [-0.15, -0.1) is 0 Å². The molecule has 2 unspecified atom stereocenters. The quantitative estimate of drug-likeness (QED) is 0.911. The molecule has 0 saturated heterocycles. The molecule has 0 radical (unpaired) electrons. The van der Waals surface area contributed by atoms with Gasteiger partial charge in [0.05, 0.1) is 12.1 Å². The molecule has 4 heteroatoms. The van der Waals surface area contributed by atoms with E-state index in [9.17, 15) is 9.90 Å². The van der Waals surface area contributed by atoms with Crippen LogP contribution in [0.2, 0.25) is 0 Å². The molecule has 1 fully saturated rings. The Morgan fingerprint density at radius 2 is 1.62 bits per heavy atom. The van der Waals surface area contributed by atoms with E-state index < -0.39 is 6.10 Å². The number of rotatable bonds is 5. The molecule has 1 saturated carbocycles. The summed E-state index contributed by atoms with van der Waals surface area (Å²) in [5.74, 6) is 0. The number of amides is 1. The molecule has 1 amide bonds. The highest BCUT2D eigenvalue weighted by Gasteiger charge is 2.34. The van der Waals surface area contributed by atoms with Gasteiger partial charge in [0.15, 0.2) is 0 Å². The summed E-state index contributed by atoms with van der Waals surface area (Å²) in [6.45, 7) is 0.698. The second-order valence-corrected chi connectivity index (χ2v) is 6.22. The van der Waals surface area contributed by atoms with Gasteiger partial charge in [0.25, 0.3) is 0 Å². The fourth-order valence-electron chi connectivity index (χ4n) is 3.18. The second-order valence-electron chi connectivity index (χ2n) is 6.22. The molecule has 2 aromatic carbocycles. The molecule has 0 heterocycles. The molecule has 2 atom stereocenters. The Kier molecular flexibility index (Phi) is 5.49. The van der Waals surface area contributed by atoms with Crippen LogP contribution in [0.25, 0.3) is 0 Å². The predicted octanol–water partition coefficient (Wildman–Crippen LogP) is 3.74. The van der Waals surface area contributed by atoms with E-state index in [4.69, 9.17) is 4.74 Å². The molecule has 0 spiro atoms. The van der Waals surface area contributed by atoms with Crippen LogP contribution in [0.15, 0.2) is 60.7 Å². The van der Waals surface area contributed by atoms with Gasteiger partial charge in [0.1, 0.15) is 6.61 Å². The second kappa shape index (κ2) is 7.97. The smallest absolute Gasteiger partial charge is 0.410 e. The molecule has 3 rings (SSSR count). The molecule has 2 aromatic rings. The summed E-state index contributed by atoms with van der Waals surface area (Å²) in [6, 6.07) is 19.3. The maximum atomic E-state index is 12.6. The molecule has 0 bridgehead atoms. The van der Waals surface area contributed by atoms with Crippen LogP contribution >= 0.6 is 0 Å². The zero-order chi connectivity index (χ0) is 16.8. The SMILES string of the molecule is O=C(OCc1ccccc1)N(Cc1ccccc1)C1CCCC1O. The van der Waals surface area contributed by atoms with Crippen molar-refractivity contribution < 1.29 is 14.6 Å². The molecule has 126 valence electrons. The van der Waals surface area contributed by atoms with Gasteiger partial charge in [-0.1, -0.05) is 60.7 Å². The summed E-state index contributed by atoms with van der Waals surface area (Å²) in [4.78, 5) is 14.3. The Morgan fingerprint density at radius 1 is 1.00 bits per heavy atom. The molecular formula is C20H23NO3. The van der Waals surface area contributed by atoms with Crippen LogP contribution in [0.1, 0.15) is 30.4 Å². The van der Waals surface area contributed by atoms with E-state index >= 15 is 0 Å². The summed E-state index contributed by atoms with van der Waals surface area (Å²) in [5, 5.41) is 10.2. The van der Waals surface area contributed by atoms with Crippen molar-refractivity contribution in [1.82, 2.24) is 4.90 Å². The molecule has 1 aliphatic rings. The van der Waals surface area contributed by atoms with E-state index in [2.05, 4.69) is 0 Å². The first kappa shape index (κ1) is 16.5. The minimum absolute atomic E-state index is 0.173. The first-order valence-corrected chi connectivity index (χ1v) is 8.43. The van der Waals surface area contributed by atoms with Gasteiger partial charge in [0.2, 0.25) is 0 Å². The molecule has 1 aliphatic carbocycles. The number of carbonyl (C=O) groups is 1. The third-order valence-electron chi connectivity index (χ3n) is 4.48. The van der Waals surface area contributed by atoms with Gasteiger partial charge in [-0.3, -0.25) is 4.90 Å². The minimum atomic E-state index is -0.474.